The lowest BCUT2D eigenvalue weighted by Gasteiger charge is -2.18. The van der Waals surface area contributed by atoms with Gasteiger partial charge in [0.1, 0.15) is 23.2 Å². The zero-order valence-corrected chi connectivity index (χ0v) is 11.3. The number of rotatable bonds is 3. The highest BCUT2D eigenvalue weighted by atomic mass is 19.3. The smallest absolute Gasteiger partial charge is 0.286 e. The van der Waals surface area contributed by atoms with Crippen LogP contribution in [0.3, 0.4) is 0 Å². The van der Waals surface area contributed by atoms with E-state index in [9.17, 15) is 27.2 Å². The molecule has 22 heavy (non-hydrogen) atoms. The number of carbonyl (C=O) groups is 2. The van der Waals surface area contributed by atoms with E-state index in [0.717, 1.165) is 29.2 Å². The first-order valence-electron chi connectivity index (χ1n) is 6.30. The van der Waals surface area contributed by atoms with Crippen molar-refractivity contribution in [2.45, 2.75) is 12.0 Å². The summed E-state index contributed by atoms with van der Waals surface area (Å²) in [4.78, 5) is 24.0. The van der Waals surface area contributed by atoms with Crippen molar-refractivity contribution in [1.82, 2.24) is 10.2 Å². The van der Waals surface area contributed by atoms with Crippen molar-refractivity contribution < 1.29 is 27.2 Å². The van der Waals surface area contributed by atoms with Gasteiger partial charge < -0.3 is 10.2 Å². The van der Waals surface area contributed by atoms with Crippen molar-refractivity contribution in [2.75, 3.05) is 13.1 Å². The van der Waals surface area contributed by atoms with E-state index in [1.807, 2.05) is 5.32 Å². The van der Waals surface area contributed by atoms with Gasteiger partial charge in [0.15, 0.2) is 0 Å². The highest BCUT2D eigenvalue weighted by Gasteiger charge is 2.50. The zero-order valence-electron chi connectivity index (χ0n) is 11.3. The van der Waals surface area contributed by atoms with E-state index in [2.05, 4.69) is 6.58 Å². The number of carbonyl (C=O) groups excluding carboxylic acids is 2. The fourth-order valence-electron chi connectivity index (χ4n) is 2.18. The van der Waals surface area contributed by atoms with Crippen LogP contribution in [0, 0.1) is 11.6 Å². The maximum Gasteiger partial charge on any atom is 0.286 e. The lowest BCUT2D eigenvalue weighted by molar-refractivity contribution is -0.126. The van der Waals surface area contributed by atoms with Gasteiger partial charge in [0.25, 0.3) is 11.8 Å². The molecule has 1 aromatic carbocycles. The maximum absolute atomic E-state index is 13.8. The van der Waals surface area contributed by atoms with Crippen molar-refractivity contribution in [2.24, 2.45) is 0 Å². The minimum Gasteiger partial charge on any atom is -0.341 e. The molecule has 1 aliphatic heterocycles. The van der Waals surface area contributed by atoms with E-state index in [0.29, 0.717) is 0 Å². The predicted octanol–water partition coefficient (Wildman–Crippen LogP) is 1.73. The van der Waals surface area contributed by atoms with E-state index >= 15 is 0 Å². The second kappa shape index (κ2) is 5.78. The first kappa shape index (κ1) is 16.0. The summed E-state index contributed by atoms with van der Waals surface area (Å²) in [5.41, 5.74) is -0.938. The molecular formula is C14H12F4N2O2. The number of likely N-dealkylation sites (tertiary alicyclic amines) is 1. The Kier molecular flexibility index (Phi) is 4.20. The lowest BCUT2D eigenvalue weighted by Crippen LogP contribution is -2.47. The Hall–Kier alpha value is -2.38. The van der Waals surface area contributed by atoms with Gasteiger partial charge in [-0.25, -0.2) is 17.6 Å². The molecule has 0 spiro atoms. The van der Waals surface area contributed by atoms with Crippen LogP contribution in [-0.2, 0) is 4.79 Å². The van der Waals surface area contributed by atoms with Gasteiger partial charge in [-0.1, -0.05) is 12.6 Å². The topological polar surface area (TPSA) is 49.4 Å². The van der Waals surface area contributed by atoms with Crippen LogP contribution in [0.2, 0.25) is 0 Å². The summed E-state index contributed by atoms with van der Waals surface area (Å²) in [6, 6.07) is 1.01. The van der Waals surface area contributed by atoms with Crippen molar-refractivity contribution in [3.05, 3.63) is 48.1 Å². The van der Waals surface area contributed by atoms with E-state index in [1.165, 1.54) is 0 Å². The number of nitrogens with zero attached hydrogens (tertiary/aromatic N) is 1. The van der Waals surface area contributed by atoms with Crippen molar-refractivity contribution in [3.63, 3.8) is 0 Å². The Morgan fingerprint density at radius 3 is 2.45 bits per heavy atom. The van der Waals surface area contributed by atoms with Crippen LogP contribution in [-0.4, -0.2) is 41.8 Å². The van der Waals surface area contributed by atoms with Crippen molar-refractivity contribution in [1.29, 1.82) is 0 Å². The largest absolute Gasteiger partial charge is 0.341 e. The first-order chi connectivity index (χ1) is 10.3. The van der Waals surface area contributed by atoms with Gasteiger partial charge >= 0.3 is 0 Å². The summed E-state index contributed by atoms with van der Waals surface area (Å²) >= 11 is 0. The second-order valence-electron chi connectivity index (χ2n) is 4.81. The van der Waals surface area contributed by atoms with Crippen LogP contribution in [0.25, 0.3) is 0 Å². The molecule has 0 radical (unpaired) electrons. The predicted molar refractivity (Wildman–Crippen MR) is 69.3 cm³/mol. The van der Waals surface area contributed by atoms with E-state index in [1.54, 1.807) is 0 Å². The van der Waals surface area contributed by atoms with Gasteiger partial charge in [0.05, 0.1) is 6.54 Å². The van der Waals surface area contributed by atoms with Gasteiger partial charge in [-0.05, 0) is 18.2 Å². The third-order valence-electron chi connectivity index (χ3n) is 3.30. The van der Waals surface area contributed by atoms with Gasteiger partial charge in [-0.2, -0.15) is 0 Å². The third-order valence-corrected chi connectivity index (χ3v) is 3.30. The van der Waals surface area contributed by atoms with Crippen LogP contribution < -0.4 is 5.32 Å². The minimum atomic E-state index is -3.41. The maximum atomic E-state index is 13.8. The van der Waals surface area contributed by atoms with Crippen molar-refractivity contribution in [3.8, 4) is 0 Å². The van der Waals surface area contributed by atoms with E-state index in [-0.39, 0.29) is 0 Å². The molecule has 2 rings (SSSR count). The van der Waals surface area contributed by atoms with Gasteiger partial charge in [-0.15, -0.1) is 0 Å². The molecule has 118 valence electrons. The first-order valence-corrected chi connectivity index (χ1v) is 6.30. The summed E-state index contributed by atoms with van der Waals surface area (Å²) in [5, 5.41) is 1.88. The number of benzene rings is 1. The summed E-state index contributed by atoms with van der Waals surface area (Å²) in [7, 11) is 0. The van der Waals surface area contributed by atoms with Crippen LogP contribution in [0.4, 0.5) is 17.6 Å². The standard InChI is InChI=1S/C14H12F4N2O2/c1-2-11(21)20-6-10(14(17,18)7-20)19-13(22)12-8(15)4-3-5-9(12)16/h2-5,10H,1,6-7H2,(H,19,22). The highest BCUT2D eigenvalue weighted by molar-refractivity contribution is 5.95. The van der Waals surface area contributed by atoms with Crippen molar-refractivity contribution >= 4 is 11.8 Å². The van der Waals surface area contributed by atoms with E-state index < -0.39 is 54.1 Å². The van der Waals surface area contributed by atoms with Gasteiger partial charge in [0, 0.05) is 6.54 Å². The number of alkyl halides is 2. The molecule has 1 atom stereocenters. The van der Waals surface area contributed by atoms with E-state index in [4.69, 9.17) is 0 Å². The monoisotopic (exact) mass is 316 g/mol. The number of hydrogen-bond acceptors (Lipinski definition) is 2. The Morgan fingerprint density at radius 2 is 1.91 bits per heavy atom. The zero-order chi connectivity index (χ0) is 16.5. The second-order valence-corrected chi connectivity index (χ2v) is 4.81. The van der Waals surface area contributed by atoms with Gasteiger partial charge in [0.2, 0.25) is 5.91 Å². The molecule has 0 bridgehead atoms. The van der Waals surface area contributed by atoms with Gasteiger partial charge in [-0.3, -0.25) is 9.59 Å². The molecule has 1 aromatic rings. The normalized spacial score (nSPS) is 19.8. The molecule has 0 aliphatic carbocycles. The van der Waals surface area contributed by atoms with Crippen LogP contribution >= 0.6 is 0 Å². The fourth-order valence-corrected chi connectivity index (χ4v) is 2.18. The Balaban J connectivity index is 2.18. The quantitative estimate of drug-likeness (QED) is 0.682. The summed E-state index contributed by atoms with van der Waals surface area (Å²) in [6.07, 6.45) is 0.872. The fraction of sp³-hybridized carbons (Fsp3) is 0.286. The van der Waals surface area contributed by atoms with Crippen LogP contribution in [0.15, 0.2) is 30.9 Å². The molecule has 0 aromatic heterocycles. The van der Waals surface area contributed by atoms with Crippen LogP contribution in [0.5, 0.6) is 0 Å². The minimum absolute atomic E-state index is 0.473. The molecule has 1 fully saturated rings. The molecule has 2 amide bonds. The molecule has 1 N–H and O–H groups in total. The number of nitrogens with one attached hydrogen (secondary N) is 1. The molecule has 1 aliphatic rings. The Labute approximate surface area is 123 Å². The molecule has 1 unspecified atom stereocenters. The SMILES string of the molecule is C=CC(=O)N1CC(NC(=O)c2c(F)cccc2F)C(F)(F)C1. The lowest BCUT2D eigenvalue weighted by atomic mass is 10.1. The molecular weight excluding hydrogens is 304 g/mol. The number of amides is 2. The molecule has 4 nitrogen and oxygen atoms in total. The Morgan fingerprint density at radius 1 is 1.32 bits per heavy atom. The summed E-state index contributed by atoms with van der Waals surface area (Å²) < 4.78 is 54.5. The third kappa shape index (κ3) is 2.95. The summed E-state index contributed by atoms with van der Waals surface area (Å²) in [5.74, 6) is -7.73. The Bertz CT molecular complexity index is 613. The molecule has 1 heterocycles. The summed E-state index contributed by atoms with van der Waals surface area (Å²) in [6.45, 7) is 1.81. The number of hydrogen-bond donors (Lipinski definition) is 1. The number of halogens is 4. The average Bonchev–Trinajstić information content (AvgIpc) is 2.73. The average molecular weight is 316 g/mol. The highest BCUT2D eigenvalue weighted by Crippen LogP contribution is 2.28. The van der Waals surface area contributed by atoms with Crippen LogP contribution in [0.1, 0.15) is 10.4 Å². The molecule has 8 heteroatoms. The molecule has 0 saturated carbocycles. The molecule has 1 saturated heterocycles.